The summed E-state index contributed by atoms with van der Waals surface area (Å²) in [5.41, 5.74) is 2.23. The van der Waals surface area contributed by atoms with Gasteiger partial charge < -0.3 is 14.4 Å². The maximum Gasteiger partial charge on any atom is 0.244 e. The van der Waals surface area contributed by atoms with Crippen molar-refractivity contribution < 1.29 is 14.3 Å². The monoisotopic (exact) mass is 459 g/mol. The van der Waals surface area contributed by atoms with Crippen LogP contribution in [0.25, 0.3) is 0 Å². The Morgan fingerprint density at radius 2 is 2.12 bits per heavy atom. The number of amides is 1. The van der Waals surface area contributed by atoms with E-state index in [1.807, 2.05) is 22.4 Å². The zero-order valence-electron chi connectivity index (χ0n) is 19.1. The van der Waals surface area contributed by atoms with Gasteiger partial charge in [-0.2, -0.15) is 0 Å². The van der Waals surface area contributed by atoms with E-state index in [1.54, 1.807) is 4.68 Å². The van der Waals surface area contributed by atoms with Gasteiger partial charge in [0.2, 0.25) is 5.91 Å². The van der Waals surface area contributed by atoms with E-state index in [-0.39, 0.29) is 18.1 Å². The minimum absolute atomic E-state index is 0.0745. The molecule has 174 valence electrons. The van der Waals surface area contributed by atoms with Crippen molar-refractivity contribution >= 4 is 17.2 Å². The standard InChI is InChI=1S/C23H33N5O3S/c1-3-19-12-20-21(32-19)4-9-31-23(20)5-6-27(17(2)13-23)14-18-15-28(25-24-18)16-22(29)26-7-10-30-11-8-26/h12,15,17H,3-11,13-14,16H2,1-2H3/t17-,23+/m0/s1. The second kappa shape index (κ2) is 9.21. The largest absolute Gasteiger partial charge is 0.378 e. The minimum Gasteiger partial charge on any atom is -0.378 e. The lowest BCUT2D eigenvalue weighted by atomic mass is 9.79. The molecule has 9 heteroatoms. The lowest BCUT2D eigenvalue weighted by Crippen LogP contribution is -2.50. The molecule has 2 aromatic heterocycles. The maximum atomic E-state index is 12.5. The second-order valence-electron chi connectivity index (χ2n) is 9.17. The third-order valence-corrected chi connectivity index (χ3v) is 8.41. The molecule has 2 fully saturated rings. The Labute approximate surface area is 193 Å². The van der Waals surface area contributed by atoms with Crippen LogP contribution in [-0.2, 0) is 45.8 Å². The van der Waals surface area contributed by atoms with Crippen LogP contribution >= 0.6 is 11.3 Å². The first kappa shape index (κ1) is 22.0. The summed E-state index contributed by atoms with van der Waals surface area (Å²) in [5, 5.41) is 8.55. The van der Waals surface area contributed by atoms with Gasteiger partial charge in [-0.15, -0.1) is 16.4 Å². The van der Waals surface area contributed by atoms with Gasteiger partial charge in [0.25, 0.3) is 0 Å². The number of thiophene rings is 1. The highest BCUT2D eigenvalue weighted by Crippen LogP contribution is 2.46. The molecule has 32 heavy (non-hydrogen) atoms. The van der Waals surface area contributed by atoms with Crippen LogP contribution in [0.1, 0.15) is 47.7 Å². The van der Waals surface area contributed by atoms with E-state index in [1.165, 1.54) is 15.3 Å². The van der Waals surface area contributed by atoms with E-state index in [0.29, 0.717) is 32.3 Å². The summed E-state index contributed by atoms with van der Waals surface area (Å²) in [6, 6.07) is 2.79. The van der Waals surface area contributed by atoms with E-state index in [2.05, 4.69) is 35.1 Å². The van der Waals surface area contributed by atoms with Crippen LogP contribution < -0.4 is 0 Å². The van der Waals surface area contributed by atoms with E-state index in [0.717, 1.165) is 51.1 Å². The number of fused-ring (bicyclic) bond motifs is 2. The van der Waals surface area contributed by atoms with Crippen molar-refractivity contribution in [3.8, 4) is 0 Å². The van der Waals surface area contributed by atoms with Crippen LogP contribution in [0, 0.1) is 0 Å². The van der Waals surface area contributed by atoms with Crippen molar-refractivity contribution in [3.05, 3.63) is 33.3 Å². The summed E-state index contributed by atoms with van der Waals surface area (Å²) in [4.78, 5) is 19.8. The van der Waals surface area contributed by atoms with E-state index >= 15 is 0 Å². The first-order valence-corrected chi connectivity index (χ1v) is 12.6. The van der Waals surface area contributed by atoms with E-state index < -0.39 is 0 Å². The average Bonchev–Trinajstić information content (AvgIpc) is 3.44. The Morgan fingerprint density at radius 3 is 2.91 bits per heavy atom. The quantitative estimate of drug-likeness (QED) is 0.683. The SMILES string of the molecule is CCc1cc2c(s1)CCO[C@@]21CCN(Cc2cn(CC(=O)N3CCOCC3)nn2)[C@@H](C)C1. The molecule has 0 N–H and O–H groups in total. The molecule has 0 aliphatic carbocycles. The summed E-state index contributed by atoms with van der Waals surface area (Å²) < 4.78 is 13.5. The Morgan fingerprint density at radius 1 is 1.28 bits per heavy atom. The molecular formula is C23H33N5O3S. The number of piperidine rings is 1. The number of rotatable bonds is 5. The fraction of sp³-hybridized carbons (Fsp3) is 0.696. The number of carbonyl (C=O) groups is 1. The van der Waals surface area contributed by atoms with Crippen LogP contribution in [0.4, 0.5) is 0 Å². The van der Waals surface area contributed by atoms with Gasteiger partial charge in [0.1, 0.15) is 6.54 Å². The Hall–Kier alpha value is -1.81. The number of hydrogen-bond acceptors (Lipinski definition) is 7. The molecule has 5 rings (SSSR count). The Kier molecular flexibility index (Phi) is 6.33. The van der Waals surface area contributed by atoms with Gasteiger partial charge in [0.05, 0.1) is 37.3 Å². The van der Waals surface area contributed by atoms with Crippen molar-refractivity contribution in [1.29, 1.82) is 0 Å². The van der Waals surface area contributed by atoms with Crippen molar-refractivity contribution in [1.82, 2.24) is 24.8 Å². The van der Waals surface area contributed by atoms with Crippen LogP contribution in [0.5, 0.6) is 0 Å². The predicted molar refractivity (Wildman–Crippen MR) is 122 cm³/mol. The summed E-state index contributed by atoms with van der Waals surface area (Å²) >= 11 is 1.97. The third-order valence-electron chi connectivity index (χ3n) is 7.07. The number of nitrogens with zero attached hydrogens (tertiary/aromatic N) is 5. The van der Waals surface area contributed by atoms with Gasteiger partial charge in [-0.1, -0.05) is 12.1 Å². The smallest absolute Gasteiger partial charge is 0.244 e. The fourth-order valence-corrected chi connectivity index (χ4v) is 6.44. The van der Waals surface area contributed by atoms with Gasteiger partial charge in [-0.05, 0) is 37.8 Å². The first-order valence-electron chi connectivity index (χ1n) is 11.8. The van der Waals surface area contributed by atoms with Crippen molar-refractivity contribution in [2.75, 3.05) is 39.5 Å². The molecule has 8 nitrogen and oxygen atoms in total. The molecule has 1 spiro atoms. The average molecular weight is 460 g/mol. The number of carbonyl (C=O) groups excluding carboxylic acids is 1. The normalized spacial score (nSPS) is 26.4. The molecule has 0 radical (unpaired) electrons. The van der Waals surface area contributed by atoms with Crippen LogP contribution in [0.15, 0.2) is 12.3 Å². The van der Waals surface area contributed by atoms with Gasteiger partial charge in [-0.3, -0.25) is 9.69 Å². The van der Waals surface area contributed by atoms with Gasteiger partial charge in [0.15, 0.2) is 0 Å². The maximum absolute atomic E-state index is 12.5. The molecule has 2 saturated heterocycles. The highest BCUT2D eigenvalue weighted by Gasteiger charge is 2.44. The summed E-state index contributed by atoms with van der Waals surface area (Å²) in [6.45, 7) is 9.84. The van der Waals surface area contributed by atoms with Crippen LogP contribution in [0.2, 0.25) is 0 Å². The second-order valence-corrected chi connectivity index (χ2v) is 10.4. The Bertz CT molecular complexity index is 953. The zero-order valence-corrected chi connectivity index (χ0v) is 19.9. The summed E-state index contributed by atoms with van der Waals surface area (Å²) in [6.07, 6.45) is 6.07. The van der Waals surface area contributed by atoms with Gasteiger partial charge >= 0.3 is 0 Å². The highest BCUT2D eigenvalue weighted by atomic mass is 32.1. The minimum atomic E-state index is -0.129. The molecule has 5 heterocycles. The topological polar surface area (TPSA) is 72.7 Å². The summed E-state index contributed by atoms with van der Waals surface area (Å²) in [5.74, 6) is 0.0745. The van der Waals surface area contributed by atoms with Crippen LogP contribution in [0.3, 0.4) is 0 Å². The Balaban J connectivity index is 1.20. The lowest BCUT2D eigenvalue weighted by Gasteiger charge is -2.47. The molecule has 3 aliphatic rings. The molecular weight excluding hydrogens is 426 g/mol. The van der Waals surface area contributed by atoms with Crippen LogP contribution in [-0.4, -0.2) is 76.2 Å². The van der Waals surface area contributed by atoms with Crippen molar-refractivity contribution in [3.63, 3.8) is 0 Å². The van der Waals surface area contributed by atoms with Gasteiger partial charge in [0, 0.05) is 48.4 Å². The zero-order chi connectivity index (χ0) is 22.1. The molecule has 0 saturated carbocycles. The molecule has 3 aliphatic heterocycles. The predicted octanol–water partition coefficient (Wildman–Crippen LogP) is 2.21. The van der Waals surface area contributed by atoms with E-state index in [9.17, 15) is 4.79 Å². The molecule has 2 aromatic rings. The summed E-state index contributed by atoms with van der Waals surface area (Å²) in [7, 11) is 0. The molecule has 0 bridgehead atoms. The van der Waals surface area contributed by atoms with Crippen molar-refractivity contribution in [2.24, 2.45) is 0 Å². The molecule has 0 unspecified atom stereocenters. The third kappa shape index (κ3) is 4.35. The lowest BCUT2D eigenvalue weighted by molar-refractivity contribution is -0.136. The number of morpholine rings is 1. The number of hydrogen-bond donors (Lipinski definition) is 0. The fourth-order valence-electron chi connectivity index (χ4n) is 5.26. The van der Waals surface area contributed by atoms with E-state index in [4.69, 9.17) is 9.47 Å². The number of likely N-dealkylation sites (tertiary alicyclic amines) is 1. The highest BCUT2D eigenvalue weighted by molar-refractivity contribution is 7.12. The van der Waals surface area contributed by atoms with Crippen molar-refractivity contribution in [2.45, 2.75) is 64.3 Å². The first-order chi connectivity index (χ1) is 15.6. The number of ether oxygens (including phenoxy) is 2. The molecule has 0 aromatic carbocycles. The van der Waals surface area contributed by atoms with Gasteiger partial charge in [-0.25, -0.2) is 4.68 Å². The molecule has 2 atom stereocenters. The number of aromatic nitrogens is 3. The number of aryl methyl sites for hydroxylation is 1. The molecule has 1 amide bonds.